The highest BCUT2D eigenvalue weighted by Gasteiger charge is 2.54. The van der Waals surface area contributed by atoms with Crippen LogP contribution in [0.15, 0.2) is 24.3 Å². The predicted octanol–water partition coefficient (Wildman–Crippen LogP) is 1.79. The number of hydrogen-bond donors (Lipinski definition) is 1. The molecule has 3 rings (SSSR count). The van der Waals surface area contributed by atoms with Gasteiger partial charge in [-0.25, -0.2) is 0 Å². The molecule has 3 amide bonds. The molecule has 2 saturated heterocycles. The molecule has 164 valence electrons. The number of nitrogens with zero attached hydrogens (tertiary/aromatic N) is 2. The number of methoxy groups -OCH3 is 1. The van der Waals surface area contributed by atoms with Gasteiger partial charge in [-0.3, -0.25) is 19.3 Å². The van der Waals surface area contributed by atoms with Gasteiger partial charge in [-0.05, 0) is 30.7 Å². The highest BCUT2D eigenvalue weighted by molar-refractivity contribution is 5.98. The maximum absolute atomic E-state index is 13.5. The lowest BCUT2D eigenvalue weighted by Gasteiger charge is -2.44. The number of amides is 3. The van der Waals surface area contributed by atoms with E-state index in [9.17, 15) is 14.4 Å². The van der Waals surface area contributed by atoms with E-state index in [1.165, 1.54) is 0 Å². The number of hydrogen-bond acceptors (Lipinski definition) is 5. The van der Waals surface area contributed by atoms with Crippen molar-refractivity contribution in [3.8, 4) is 5.75 Å². The largest absolute Gasteiger partial charge is 0.497 e. The molecule has 8 nitrogen and oxygen atoms in total. The molecule has 0 aliphatic carbocycles. The number of carbonyl (C=O) groups excluding carboxylic acids is 3. The number of likely N-dealkylation sites (tertiary alicyclic amines) is 1. The summed E-state index contributed by atoms with van der Waals surface area (Å²) in [5.41, 5.74) is -0.406. The first-order valence-electron chi connectivity index (χ1n) is 10.6. The monoisotopic (exact) mass is 417 g/mol. The van der Waals surface area contributed by atoms with Gasteiger partial charge in [0.05, 0.1) is 13.7 Å². The average Bonchev–Trinajstić information content (AvgIpc) is 3.15. The molecule has 1 spiro atoms. The van der Waals surface area contributed by atoms with Crippen molar-refractivity contribution in [3.05, 3.63) is 29.8 Å². The van der Waals surface area contributed by atoms with Crippen LogP contribution < -0.4 is 10.1 Å². The quantitative estimate of drug-likeness (QED) is 0.762. The molecule has 8 heteroatoms. The summed E-state index contributed by atoms with van der Waals surface area (Å²) < 4.78 is 11.3. The van der Waals surface area contributed by atoms with Crippen LogP contribution in [-0.2, 0) is 14.3 Å². The van der Waals surface area contributed by atoms with Gasteiger partial charge >= 0.3 is 0 Å². The Kier molecular flexibility index (Phi) is 6.97. The highest BCUT2D eigenvalue weighted by Crippen LogP contribution is 2.38. The molecule has 0 radical (unpaired) electrons. The van der Waals surface area contributed by atoms with Crippen LogP contribution in [0.3, 0.4) is 0 Å². The Morgan fingerprint density at radius 2 is 1.83 bits per heavy atom. The fourth-order valence-electron chi connectivity index (χ4n) is 4.13. The van der Waals surface area contributed by atoms with Crippen molar-refractivity contribution in [2.24, 2.45) is 0 Å². The summed E-state index contributed by atoms with van der Waals surface area (Å²) in [4.78, 5) is 41.8. The molecule has 1 N–H and O–H groups in total. The first-order chi connectivity index (χ1) is 14.5. The second kappa shape index (κ2) is 9.47. The van der Waals surface area contributed by atoms with Crippen LogP contribution in [0.4, 0.5) is 0 Å². The van der Waals surface area contributed by atoms with Crippen molar-refractivity contribution in [1.29, 1.82) is 0 Å². The third-order valence-corrected chi connectivity index (χ3v) is 5.87. The summed E-state index contributed by atoms with van der Waals surface area (Å²) in [6.07, 6.45) is 2.23. The fraction of sp³-hybridized carbons (Fsp3) is 0.591. The van der Waals surface area contributed by atoms with Gasteiger partial charge < -0.3 is 19.7 Å². The van der Waals surface area contributed by atoms with E-state index < -0.39 is 11.8 Å². The van der Waals surface area contributed by atoms with Gasteiger partial charge in [-0.15, -0.1) is 0 Å². The first-order valence-corrected chi connectivity index (χ1v) is 10.6. The zero-order chi connectivity index (χ0) is 21.7. The lowest BCUT2D eigenvalue weighted by Crippen LogP contribution is -2.59. The van der Waals surface area contributed by atoms with E-state index in [1.807, 2.05) is 13.8 Å². The van der Waals surface area contributed by atoms with E-state index >= 15 is 0 Å². The number of nitrogens with one attached hydrogen (secondary N) is 1. The Morgan fingerprint density at radius 1 is 1.17 bits per heavy atom. The molecule has 0 saturated carbocycles. The Labute approximate surface area is 177 Å². The van der Waals surface area contributed by atoms with Crippen molar-refractivity contribution < 1.29 is 23.9 Å². The minimum atomic E-state index is -0.879. The second-order valence-corrected chi connectivity index (χ2v) is 7.70. The topological polar surface area (TPSA) is 88.2 Å². The summed E-state index contributed by atoms with van der Waals surface area (Å²) in [6.45, 7) is 5.52. The maximum Gasteiger partial charge on any atom is 0.256 e. The Morgan fingerprint density at radius 3 is 2.40 bits per heavy atom. The van der Waals surface area contributed by atoms with E-state index in [1.54, 1.807) is 41.2 Å². The molecule has 2 heterocycles. The van der Waals surface area contributed by atoms with Gasteiger partial charge in [-0.1, -0.05) is 13.8 Å². The summed E-state index contributed by atoms with van der Waals surface area (Å²) in [5.74, 6) is 0.292. The molecular formula is C22H31N3O5. The van der Waals surface area contributed by atoms with E-state index in [4.69, 9.17) is 9.47 Å². The van der Waals surface area contributed by atoms with Crippen molar-refractivity contribution in [2.45, 2.75) is 51.3 Å². The number of ether oxygens (including phenoxy) is 2. The van der Waals surface area contributed by atoms with Gasteiger partial charge in [0.25, 0.3) is 5.91 Å². The van der Waals surface area contributed by atoms with Crippen molar-refractivity contribution in [3.63, 3.8) is 0 Å². The summed E-state index contributed by atoms with van der Waals surface area (Å²) in [5, 5.41) is 2.89. The standard InChI is InChI=1S/C22H31N3O5/c1-4-12-23-20(27)18-15-30-22(10-13-24(14-11-22)19(26)5-2)25(18)21(28)16-6-8-17(29-3)9-7-16/h6-9,18H,4-5,10-15H2,1-3H3,(H,23,27)/t18-/m1/s1. The van der Waals surface area contributed by atoms with Crippen LogP contribution in [0, 0.1) is 0 Å². The minimum absolute atomic E-state index is 0.0908. The Balaban J connectivity index is 1.87. The predicted molar refractivity (Wildman–Crippen MR) is 111 cm³/mol. The molecule has 0 aromatic heterocycles. The van der Waals surface area contributed by atoms with Crippen molar-refractivity contribution in [1.82, 2.24) is 15.1 Å². The molecule has 0 unspecified atom stereocenters. The smallest absolute Gasteiger partial charge is 0.256 e. The Bertz CT molecular complexity index is 771. The van der Waals surface area contributed by atoms with Crippen LogP contribution >= 0.6 is 0 Å². The molecular weight excluding hydrogens is 386 g/mol. The summed E-state index contributed by atoms with van der Waals surface area (Å²) in [6, 6.07) is 6.16. The third-order valence-electron chi connectivity index (χ3n) is 5.87. The van der Waals surface area contributed by atoms with Crippen LogP contribution in [0.25, 0.3) is 0 Å². The zero-order valence-electron chi connectivity index (χ0n) is 18.0. The van der Waals surface area contributed by atoms with Gasteiger partial charge in [0.15, 0.2) is 0 Å². The molecule has 1 aromatic carbocycles. The van der Waals surface area contributed by atoms with Crippen molar-refractivity contribution in [2.75, 3.05) is 33.4 Å². The minimum Gasteiger partial charge on any atom is -0.497 e. The van der Waals surface area contributed by atoms with Crippen LogP contribution in [0.1, 0.15) is 49.9 Å². The zero-order valence-corrected chi connectivity index (χ0v) is 18.0. The number of benzene rings is 1. The van der Waals surface area contributed by atoms with Gasteiger partial charge in [-0.2, -0.15) is 0 Å². The SMILES string of the molecule is CCCNC(=O)[C@H]1COC2(CCN(C(=O)CC)CC2)N1C(=O)c1ccc(OC)cc1. The third kappa shape index (κ3) is 4.28. The van der Waals surface area contributed by atoms with E-state index in [0.29, 0.717) is 50.2 Å². The van der Waals surface area contributed by atoms with Gasteiger partial charge in [0.2, 0.25) is 11.8 Å². The van der Waals surface area contributed by atoms with Crippen LogP contribution in [-0.4, -0.2) is 72.6 Å². The van der Waals surface area contributed by atoms with Gasteiger partial charge in [0, 0.05) is 44.5 Å². The molecule has 1 atom stereocenters. The van der Waals surface area contributed by atoms with Gasteiger partial charge in [0.1, 0.15) is 17.5 Å². The fourth-order valence-corrected chi connectivity index (χ4v) is 4.13. The molecule has 2 fully saturated rings. The van der Waals surface area contributed by atoms with Crippen LogP contribution in [0.2, 0.25) is 0 Å². The highest BCUT2D eigenvalue weighted by atomic mass is 16.5. The lowest BCUT2D eigenvalue weighted by molar-refractivity contribution is -0.143. The molecule has 0 bridgehead atoms. The molecule has 2 aliphatic heterocycles. The van der Waals surface area contributed by atoms with Crippen molar-refractivity contribution >= 4 is 17.7 Å². The lowest BCUT2D eigenvalue weighted by atomic mass is 9.96. The van der Waals surface area contributed by atoms with E-state index in [2.05, 4.69) is 5.32 Å². The number of piperidine rings is 1. The summed E-state index contributed by atoms with van der Waals surface area (Å²) >= 11 is 0. The molecule has 30 heavy (non-hydrogen) atoms. The summed E-state index contributed by atoms with van der Waals surface area (Å²) in [7, 11) is 1.57. The van der Waals surface area contributed by atoms with Crippen LogP contribution in [0.5, 0.6) is 5.75 Å². The first kappa shape index (κ1) is 22.1. The maximum atomic E-state index is 13.5. The number of carbonyl (C=O) groups is 3. The second-order valence-electron chi connectivity index (χ2n) is 7.70. The average molecular weight is 418 g/mol. The normalized spacial score (nSPS) is 20.3. The number of rotatable bonds is 6. The molecule has 2 aliphatic rings. The molecule has 1 aromatic rings. The van der Waals surface area contributed by atoms with E-state index in [-0.39, 0.29) is 24.3 Å². The van der Waals surface area contributed by atoms with E-state index in [0.717, 1.165) is 6.42 Å². The Hall–Kier alpha value is -2.61.